The van der Waals surface area contributed by atoms with Gasteiger partial charge in [0, 0.05) is 38.3 Å². The van der Waals surface area contributed by atoms with Crippen LogP contribution < -0.4 is 0 Å². The molecule has 0 heterocycles. The van der Waals surface area contributed by atoms with Gasteiger partial charge in [0.2, 0.25) is 0 Å². The molecule has 122 valence electrons. The van der Waals surface area contributed by atoms with Crippen LogP contribution >= 0.6 is 0 Å². The van der Waals surface area contributed by atoms with E-state index in [1.54, 1.807) is 0 Å². The van der Waals surface area contributed by atoms with Gasteiger partial charge in [-0.15, -0.1) is 0 Å². The number of hydrogen-bond donors (Lipinski definition) is 0. The molecule has 0 rings (SSSR count). The minimum absolute atomic E-state index is 0.372. The summed E-state index contributed by atoms with van der Waals surface area (Å²) in [6, 6.07) is 1.25. The molecule has 20 heavy (non-hydrogen) atoms. The topological polar surface area (TPSA) is 6.48 Å². The van der Waals surface area contributed by atoms with Crippen LogP contribution in [0.2, 0.25) is 0 Å². The molecule has 0 aliphatic carbocycles. The van der Waals surface area contributed by atoms with Gasteiger partial charge < -0.3 is 0 Å². The summed E-state index contributed by atoms with van der Waals surface area (Å²) in [6.45, 7) is 27.9. The van der Waals surface area contributed by atoms with Gasteiger partial charge in [0.1, 0.15) is 0 Å². The standard InChI is InChI=1S/C18H40N2/c1-15(2)19(13-17(5,6)7)11-12-20(16(3)4)14-18(8,9)10/h15-16H,11-14H2,1-10H3. The van der Waals surface area contributed by atoms with Crippen molar-refractivity contribution in [1.29, 1.82) is 0 Å². The van der Waals surface area contributed by atoms with E-state index in [0.29, 0.717) is 22.9 Å². The van der Waals surface area contributed by atoms with Crippen LogP contribution in [-0.2, 0) is 0 Å². The molecule has 0 aromatic heterocycles. The monoisotopic (exact) mass is 284 g/mol. The summed E-state index contributed by atoms with van der Waals surface area (Å²) >= 11 is 0. The second-order valence-electron chi connectivity index (χ2n) is 9.25. The van der Waals surface area contributed by atoms with E-state index in [1.165, 1.54) is 26.2 Å². The van der Waals surface area contributed by atoms with Crippen LogP contribution in [0.15, 0.2) is 0 Å². The molecular weight excluding hydrogens is 244 g/mol. The van der Waals surface area contributed by atoms with E-state index in [4.69, 9.17) is 0 Å². The summed E-state index contributed by atoms with van der Waals surface area (Å²) in [4.78, 5) is 5.25. The van der Waals surface area contributed by atoms with Crippen LogP contribution in [0.25, 0.3) is 0 Å². The molecule has 0 fully saturated rings. The molecule has 0 saturated heterocycles. The molecule has 0 aliphatic rings. The highest BCUT2D eigenvalue weighted by Gasteiger charge is 2.22. The van der Waals surface area contributed by atoms with Gasteiger partial charge >= 0.3 is 0 Å². The molecule has 0 N–H and O–H groups in total. The average molecular weight is 285 g/mol. The highest BCUT2D eigenvalue weighted by Crippen LogP contribution is 2.19. The first-order chi connectivity index (χ1) is 8.82. The van der Waals surface area contributed by atoms with Gasteiger partial charge in [0.25, 0.3) is 0 Å². The Labute approximate surface area is 128 Å². The third-order valence-corrected chi connectivity index (χ3v) is 3.49. The Morgan fingerprint density at radius 2 is 0.850 bits per heavy atom. The van der Waals surface area contributed by atoms with Gasteiger partial charge in [-0.2, -0.15) is 0 Å². The third-order valence-electron chi connectivity index (χ3n) is 3.49. The van der Waals surface area contributed by atoms with Crippen molar-refractivity contribution in [2.45, 2.75) is 81.3 Å². The second-order valence-corrected chi connectivity index (χ2v) is 9.25. The molecule has 0 atom stereocenters. The van der Waals surface area contributed by atoms with Crippen molar-refractivity contribution in [3.05, 3.63) is 0 Å². The lowest BCUT2D eigenvalue weighted by Gasteiger charge is -2.37. The zero-order valence-electron chi connectivity index (χ0n) is 15.9. The fraction of sp³-hybridized carbons (Fsp3) is 1.00. The number of hydrogen-bond acceptors (Lipinski definition) is 2. The summed E-state index contributed by atoms with van der Waals surface area (Å²) in [5, 5.41) is 0. The predicted octanol–water partition coefficient (Wildman–Crippen LogP) is 4.50. The van der Waals surface area contributed by atoms with Crippen molar-refractivity contribution in [2.75, 3.05) is 26.2 Å². The van der Waals surface area contributed by atoms with E-state index < -0.39 is 0 Å². The summed E-state index contributed by atoms with van der Waals surface area (Å²) < 4.78 is 0. The van der Waals surface area contributed by atoms with Crippen LogP contribution in [0.1, 0.15) is 69.2 Å². The first-order valence-corrected chi connectivity index (χ1v) is 8.30. The lowest BCUT2D eigenvalue weighted by Crippen LogP contribution is -2.46. The maximum absolute atomic E-state index is 2.62. The van der Waals surface area contributed by atoms with E-state index in [2.05, 4.69) is 79.0 Å². The van der Waals surface area contributed by atoms with Crippen molar-refractivity contribution < 1.29 is 0 Å². The fourth-order valence-corrected chi connectivity index (χ4v) is 2.52. The van der Waals surface area contributed by atoms with Crippen LogP contribution in [0.5, 0.6) is 0 Å². The van der Waals surface area contributed by atoms with Gasteiger partial charge in [-0.1, -0.05) is 41.5 Å². The highest BCUT2D eigenvalue weighted by atomic mass is 15.2. The van der Waals surface area contributed by atoms with Crippen LogP contribution in [0, 0.1) is 10.8 Å². The van der Waals surface area contributed by atoms with Crippen LogP contribution in [-0.4, -0.2) is 48.1 Å². The predicted molar refractivity (Wildman–Crippen MR) is 92.3 cm³/mol. The molecule has 0 aromatic rings. The van der Waals surface area contributed by atoms with Crippen molar-refractivity contribution >= 4 is 0 Å². The van der Waals surface area contributed by atoms with Crippen LogP contribution in [0.4, 0.5) is 0 Å². The first kappa shape index (κ1) is 19.9. The third kappa shape index (κ3) is 9.77. The molecule has 0 amide bonds. The quantitative estimate of drug-likeness (QED) is 0.679. The average Bonchev–Trinajstić information content (AvgIpc) is 2.18. The Morgan fingerprint density at radius 1 is 0.600 bits per heavy atom. The maximum Gasteiger partial charge on any atom is 0.0112 e. The minimum Gasteiger partial charge on any atom is -0.299 e. The Morgan fingerprint density at radius 3 is 1.00 bits per heavy atom. The van der Waals surface area contributed by atoms with E-state index in [1.807, 2.05) is 0 Å². The Balaban J connectivity index is 4.56. The van der Waals surface area contributed by atoms with E-state index in [-0.39, 0.29) is 0 Å². The molecule has 0 saturated carbocycles. The summed E-state index contributed by atoms with van der Waals surface area (Å²) in [7, 11) is 0. The van der Waals surface area contributed by atoms with Crippen LogP contribution in [0.3, 0.4) is 0 Å². The zero-order chi connectivity index (χ0) is 16.1. The van der Waals surface area contributed by atoms with E-state index in [0.717, 1.165) is 0 Å². The second kappa shape index (κ2) is 7.79. The van der Waals surface area contributed by atoms with Gasteiger partial charge in [-0.05, 0) is 38.5 Å². The Hall–Kier alpha value is -0.0800. The van der Waals surface area contributed by atoms with Gasteiger partial charge in [0.05, 0.1) is 0 Å². The molecule has 2 nitrogen and oxygen atoms in total. The molecule has 2 heteroatoms. The Bertz CT molecular complexity index is 228. The van der Waals surface area contributed by atoms with Gasteiger partial charge in [-0.25, -0.2) is 0 Å². The number of nitrogens with zero attached hydrogens (tertiary/aromatic N) is 2. The summed E-state index contributed by atoms with van der Waals surface area (Å²) in [6.07, 6.45) is 0. The Kier molecular flexibility index (Phi) is 7.76. The summed E-state index contributed by atoms with van der Waals surface area (Å²) in [5.41, 5.74) is 0.744. The molecule has 0 aliphatic heterocycles. The van der Waals surface area contributed by atoms with Crippen molar-refractivity contribution in [3.8, 4) is 0 Å². The fourth-order valence-electron chi connectivity index (χ4n) is 2.52. The normalized spacial score (nSPS) is 14.1. The van der Waals surface area contributed by atoms with Crippen molar-refractivity contribution in [1.82, 2.24) is 9.80 Å². The van der Waals surface area contributed by atoms with Crippen molar-refractivity contribution in [3.63, 3.8) is 0 Å². The molecule has 0 radical (unpaired) electrons. The smallest absolute Gasteiger partial charge is 0.0112 e. The SMILES string of the molecule is CC(C)N(CCN(CC(C)(C)C)C(C)C)CC(C)(C)C. The first-order valence-electron chi connectivity index (χ1n) is 8.30. The lowest BCUT2D eigenvalue weighted by atomic mass is 9.94. The molecular formula is C18H40N2. The van der Waals surface area contributed by atoms with Gasteiger partial charge in [0.15, 0.2) is 0 Å². The number of rotatable bonds is 7. The minimum atomic E-state index is 0.372. The molecule has 0 aromatic carbocycles. The van der Waals surface area contributed by atoms with Gasteiger partial charge in [-0.3, -0.25) is 9.80 Å². The zero-order valence-corrected chi connectivity index (χ0v) is 15.9. The van der Waals surface area contributed by atoms with E-state index in [9.17, 15) is 0 Å². The molecule has 0 unspecified atom stereocenters. The lowest BCUT2D eigenvalue weighted by molar-refractivity contribution is 0.101. The molecule has 0 spiro atoms. The maximum atomic E-state index is 2.62. The van der Waals surface area contributed by atoms with Crippen molar-refractivity contribution in [2.24, 2.45) is 10.8 Å². The summed E-state index contributed by atoms with van der Waals surface area (Å²) in [5.74, 6) is 0. The molecule has 0 bridgehead atoms. The highest BCUT2D eigenvalue weighted by molar-refractivity contribution is 4.76. The van der Waals surface area contributed by atoms with E-state index >= 15 is 0 Å². The largest absolute Gasteiger partial charge is 0.299 e.